The number of methoxy groups -OCH3 is 2. The van der Waals surface area contributed by atoms with Gasteiger partial charge in [0.15, 0.2) is 0 Å². The Labute approximate surface area is 162 Å². The first-order valence-electron chi connectivity index (χ1n) is 7.88. The highest BCUT2D eigenvalue weighted by molar-refractivity contribution is 8.26. The van der Waals surface area contributed by atoms with Crippen molar-refractivity contribution in [2.24, 2.45) is 0 Å². The molecule has 0 bridgehead atoms. The fraction of sp³-hybridized carbons (Fsp3) is 0.158. The lowest BCUT2D eigenvalue weighted by molar-refractivity contribution is -0.121. The van der Waals surface area contributed by atoms with Crippen molar-refractivity contribution in [1.82, 2.24) is 4.90 Å². The number of nitrogens with one attached hydrogen (secondary N) is 1. The van der Waals surface area contributed by atoms with Crippen LogP contribution in [0.25, 0.3) is 6.08 Å². The molecule has 0 aromatic heterocycles. The van der Waals surface area contributed by atoms with E-state index in [0.29, 0.717) is 15.9 Å². The highest BCUT2D eigenvalue weighted by Crippen LogP contribution is 2.32. The van der Waals surface area contributed by atoms with Crippen LogP contribution in [0.5, 0.6) is 11.5 Å². The quantitative estimate of drug-likeness (QED) is 0.599. The zero-order chi connectivity index (χ0) is 18.5. The largest absolute Gasteiger partial charge is 0.497 e. The summed E-state index contributed by atoms with van der Waals surface area (Å²) in [6.45, 7) is 0.316. The smallest absolute Gasteiger partial charge is 0.267 e. The molecule has 1 saturated heterocycles. The molecule has 0 radical (unpaired) electrons. The fourth-order valence-electron chi connectivity index (χ4n) is 2.37. The number of benzene rings is 2. The molecule has 5 nitrogen and oxygen atoms in total. The maximum atomic E-state index is 12.6. The number of thiocarbonyl (C=S) groups is 1. The molecule has 0 aliphatic carbocycles. The second-order valence-corrected chi connectivity index (χ2v) is 7.12. The van der Waals surface area contributed by atoms with Gasteiger partial charge >= 0.3 is 0 Å². The van der Waals surface area contributed by atoms with Crippen LogP contribution in [-0.2, 0) is 4.79 Å². The highest BCUT2D eigenvalue weighted by atomic mass is 32.2. The summed E-state index contributed by atoms with van der Waals surface area (Å²) < 4.78 is 10.8. The number of nitrogens with zero attached hydrogens (tertiary/aromatic N) is 1. The minimum Gasteiger partial charge on any atom is -0.497 e. The maximum absolute atomic E-state index is 12.6. The van der Waals surface area contributed by atoms with E-state index in [4.69, 9.17) is 21.7 Å². The van der Waals surface area contributed by atoms with E-state index in [9.17, 15) is 4.79 Å². The van der Waals surface area contributed by atoms with Crippen LogP contribution in [0, 0.1) is 0 Å². The number of amides is 1. The van der Waals surface area contributed by atoms with E-state index >= 15 is 0 Å². The van der Waals surface area contributed by atoms with Crippen LogP contribution < -0.4 is 14.8 Å². The monoisotopic (exact) mass is 386 g/mol. The van der Waals surface area contributed by atoms with Gasteiger partial charge in [-0.15, -0.1) is 0 Å². The molecule has 0 unspecified atom stereocenters. The number of anilines is 1. The number of hydrogen-bond acceptors (Lipinski definition) is 6. The lowest BCUT2D eigenvalue weighted by Crippen LogP contribution is -2.33. The number of rotatable bonds is 6. The van der Waals surface area contributed by atoms with Gasteiger partial charge in [0.25, 0.3) is 5.91 Å². The maximum Gasteiger partial charge on any atom is 0.267 e. The Kier molecular flexibility index (Phi) is 5.80. The van der Waals surface area contributed by atoms with Crippen molar-refractivity contribution in [1.29, 1.82) is 0 Å². The molecular weight excluding hydrogens is 368 g/mol. The van der Waals surface area contributed by atoms with E-state index in [1.165, 1.54) is 11.8 Å². The molecule has 1 N–H and O–H groups in total. The van der Waals surface area contributed by atoms with Crippen molar-refractivity contribution < 1.29 is 14.3 Å². The molecule has 1 heterocycles. The summed E-state index contributed by atoms with van der Waals surface area (Å²) in [6, 6.07) is 15.0. The van der Waals surface area contributed by atoms with Crippen molar-refractivity contribution in [2.75, 3.05) is 26.2 Å². The van der Waals surface area contributed by atoms with Gasteiger partial charge in [0.05, 0.1) is 25.8 Å². The van der Waals surface area contributed by atoms with Gasteiger partial charge in [-0.2, -0.15) is 0 Å². The Bertz CT molecular complexity index is 833. The summed E-state index contributed by atoms with van der Waals surface area (Å²) in [5, 5.41) is 3.20. The molecule has 134 valence electrons. The van der Waals surface area contributed by atoms with E-state index < -0.39 is 0 Å². The predicted molar refractivity (Wildman–Crippen MR) is 109 cm³/mol. The van der Waals surface area contributed by atoms with Crippen LogP contribution in [0.3, 0.4) is 0 Å². The molecule has 26 heavy (non-hydrogen) atoms. The summed E-state index contributed by atoms with van der Waals surface area (Å²) in [5.41, 5.74) is 1.81. The van der Waals surface area contributed by atoms with Crippen molar-refractivity contribution in [3.05, 3.63) is 59.0 Å². The minimum atomic E-state index is -0.100. The highest BCUT2D eigenvalue weighted by Gasteiger charge is 2.31. The van der Waals surface area contributed by atoms with E-state index in [1.54, 1.807) is 19.1 Å². The number of hydrogen-bond donors (Lipinski definition) is 1. The van der Waals surface area contributed by atoms with E-state index in [-0.39, 0.29) is 5.91 Å². The van der Waals surface area contributed by atoms with Crippen molar-refractivity contribution in [3.8, 4) is 11.5 Å². The van der Waals surface area contributed by atoms with Crippen LogP contribution in [0.15, 0.2) is 53.4 Å². The average molecular weight is 386 g/mol. The SMILES string of the molecule is COc1ccc(C=C2SC(=S)N(CNc3ccc(OC)cc3)C2=O)cc1. The van der Waals surface area contributed by atoms with E-state index in [1.807, 2.05) is 54.6 Å². The van der Waals surface area contributed by atoms with Gasteiger partial charge < -0.3 is 14.8 Å². The van der Waals surface area contributed by atoms with Crippen LogP contribution in [0.4, 0.5) is 5.69 Å². The van der Waals surface area contributed by atoms with Crippen LogP contribution in [-0.4, -0.2) is 36.0 Å². The average Bonchev–Trinajstić information content (AvgIpc) is 2.94. The van der Waals surface area contributed by atoms with Gasteiger partial charge in [-0.1, -0.05) is 36.1 Å². The molecule has 3 rings (SSSR count). The first kappa shape index (κ1) is 18.3. The predicted octanol–water partition coefficient (Wildman–Crippen LogP) is 3.97. The molecule has 7 heteroatoms. The summed E-state index contributed by atoms with van der Waals surface area (Å²) in [6.07, 6.45) is 1.84. The lowest BCUT2D eigenvalue weighted by Gasteiger charge is -2.16. The third kappa shape index (κ3) is 4.17. The Hall–Kier alpha value is -2.51. The van der Waals surface area contributed by atoms with Crippen LogP contribution in [0.2, 0.25) is 0 Å². The molecular formula is C19H18N2O3S2. The number of carbonyl (C=O) groups excluding carboxylic acids is 1. The number of thioether (sulfide) groups is 1. The van der Waals surface area contributed by atoms with E-state index in [2.05, 4.69) is 5.32 Å². The van der Waals surface area contributed by atoms with Gasteiger partial charge in [-0.3, -0.25) is 9.69 Å². The van der Waals surface area contributed by atoms with Gasteiger partial charge in [-0.05, 0) is 48.0 Å². The molecule has 2 aromatic carbocycles. The normalized spacial score (nSPS) is 15.5. The number of ether oxygens (including phenoxy) is 2. The van der Waals surface area contributed by atoms with Gasteiger partial charge in [0, 0.05) is 5.69 Å². The third-order valence-corrected chi connectivity index (χ3v) is 5.20. The van der Waals surface area contributed by atoms with E-state index in [0.717, 1.165) is 22.7 Å². The fourth-order valence-corrected chi connectivity index (χ4v) is 3.62. The Balaban J connectivity index is 1.66. The second-order valence-electron chi connectivity index (χ2n) is 5.45. The second kappa shape index (κ2) is 8.25. The third-order valence-electron chi connectivity index (χ3n) is 3.82. The molecule has 0 atom stereocenters. The van der Waals surface area contributed by atoms with Crippen molar-refractivity contribution >= 4 is 46.0 Å². The summed E-state index contributed by atoms with van der Waals surface area (Å²) >= 11 is 6.66. The number of carbonyl (C=O) groups is 1. The molecule has 0 spiro atoms. The Morgan fingerprint density at radius 2 is 1.62 bits per heavy atom. The summed E-state index contributed by atoms with van der Waals surface area (Å²) in [5.74, 6) is 1.46. The molecule has 1 amide bonds. The Morgan fingerprint density at radius 3 is 2.19 bits per heavy atom. The molecule has 2 aromatic rings. The molecule has 1 aliphatic rings. The molecule has 0 saturated carbocycles. The topological polar surface area (TPSA) is 50.8 Å². The zero-order valence-corrected chi connectivity index (χ0v) is 16.0. The lowest BCUT2D eigenvalue weighted by atomic mass is 10.2. The first-order chi connectivity index (χ1) is 12.6. The zero-order valence-electron chi connectivity index (χ0n) is 14.4. The standard InChI is InChI=1S/C19H18N2O3S2/c1-23-15-7-3-13(4-8-15)11-17-18(22)21(19(25)26-17)12-20-14-5-9-16(24-2)10-6-14/h3-11,20H,12H2,1-2H3. The van der Waals surface area contributed by atoms with Crippen LogP contribution >= 0.6 is 24.0 Å². The van der Waals surface area contributed by atoms with Crippen molar-refractivity contribution in [3.63, 3.8) is 0 Å². The van der Waals surface area contributed by atoms with Crippen LogP contribution in [0.1, 0.15) is 5.56 Å². The van der Waals surface area contributed by atoms with Gasteiger partial charge in [0.1, 0.15) is 15.8 Å². The minimum absolute atomic E-state index is 0.100. The van der Waals surface area contributed by atoms with Gasteiger partial charge in [-0.25, -0.2) is 0 Å². The van der Waals surface area contributed by atoms with Crippen molar-refractivity contribution in [2.45, 2.75) is 0 Å². The first-order valence-corrected chi connectivity index (χ1v) is 9.10. The van der Waals surface area contributed by atoms with Gasteiger partial charge in [0.2, 0.25) is 0 Å². The Morgan fingerprint density at radius 1 is 1.04 bits per heavy atom. The summed E-state index contributed by atoms with van der Waals surface area (Å²) in [4.78, 5) is 14.8. The molecule has 1 fully saturated rings. The summed E-state index contributed by atoms with van der Waals surface area (Å²) in [7, 11) is 3.24. The molecule has 1 aliphatic heterocycles.